The van der Waals surface area contributed by atoms with Crippen LogP contribution in [0.4, 0.5) is 0 Å². The number of aliphatic hydroxyl groups is 2. The summed E-state index contributed by atoms with van der Waals surface area (Å²) in [7, 11) is 0. The van der Waals surface area contributed by atoms with Crippen LogP contribution in [0, 0.1) is 5.92 Å². The summed E-state index contributed by atoms with van der Waals surface area (Å²) in [5.41, 5.74) is 0. The number of hydrogen-bond donors (Lipinski definition) is 2. The highest BCUT2D eigenvalue weighted by Gasteiger charge is 2.21. The van der Waals surface area contributed by atoms with Crippen LogP contribution in [-0.2, 0) is 0 Å². The standard InChI is InChI=1S/C9H14O2S/c1-6(2)8(10)9(11)7-4-3-5-12-7/h3-6,8-11H,1-2H3. The van der Waals surface area contributed by atoms with Gasteiger partial charge >= 0.3 is 0 Å². The van der Waals surface area contributed by atoms with Gasteiger partial charge in [0.25, 0.3) is 0 Å². The summed E-state index contributed by atoms with van der Waals surface area (Å²) >= 11 is 1.47. The molecule has 0 radical (unpaired) electrons. The second-order valence-electron chi connectivity index (χ2n) is 3.19. The molecule has 2 atom stereocenters. The van der Waals surface area contributed by atoms with E-state index in [1.807, 2.05) is 31.4 Å². The smallest absolute Gasteiger partial charge is 0.114 e. The van der Waals surface area contributed by atoms with Gasteiger partial charge in [-0.15, -0.1) is 11.3 Å². The van der Waals surface area contributed by atoms with E-state index in [1.54, 1.807) is 0 Å². The Morgan fingerprint density at radius 1 is 1.33 bits per heavy atom. The lowest BCUT2D eigenvalue weighted by Crippen LogP contribution is -2.23. The Labute approximate surface area is 76.5 Å². The zero-order valence-electron chi connectivity index (χ0n) is 7.27. The molecule has 1 rings (SSSR count). The van der Waals surface area contributed by atoms with E-state index in [0.29, 0.717) is 0 Å². The number of rotatable bonds is 3. The van der Waals surface area contributed by atoms with Crippen LogP contribution in [0.5, 0.6) is 0 Å². The maximum Gasteiger partial charge on any atom is 0.114 e. The number of hydrogen-bond acceptors (Lipinski definition) is 3. The largest absolute Gasteiger partial charge is 0.390 e. The van der Waals surface area contributed by atoms with Gasteiger partial charge in [0.2, 0.25) is 0 Å². The topological polar surface area (TPSA) is 40.5 Å². The van der Waals surface area contributed by atoms with Crippen molar-refractivity contribution in [2.45, 2.75) is 26.1 Å². The lowest BCUT2D eigenvalue weighted by Gasteiger charge is -2.19. The Hall–Kier alpha value is -0.380. The van der Waals surface area contributed by atoms with Gasteiger partial charge in [0.15, 0.2) is 0 Å². The van der Waals surface area contributed by atoms with Gasteiger partial charge in [0, 0.05) is 4.88 Å². The second kappa shape index (κ2) is 4.03. The zero-order valence-corrected chi connectivity index (χ0v) is 8.08. The third-order valence-electron chi connectivity index (χ3n) is 1.84. The van der Waals surface area contributed by atoms with Crippen LogP contribution < -0.4 is 0 Å². The van der Waals surface area contributed by atoms with Crippen molar-refractivity contribution in [1.82, 2.24) is 0 Å². The highest BCUT2D eigenvalue weighted by molar-refractivity contribution is 7.10. The van der Waals surface area contributed by atoms with Crippen LogP contribution in [0.25, 0.3) is 0 Å². The van der Waals surface area contributed by atoms with E-state index in [4.69, 9.17) is 0 Å². The Bertz CT molecular complexity index is 218. The number of aliphatic hydroxyl groups excluding tert-OH is 2. The van der Waals surface area contributed by atoms with E-state index in [1.165, 1.54) is 11.3 Å². The van der Waals surface area contributed by atoms with E-state index >= 15 is 0 Å². The maximum absolute atomic E-state index is 9.61. The first-order chi connectivity index (χ1) is 5.63. The molecule has 0 amide bonds. The van der Waals surface area contributed by atoms with E-state index in [2.05, 4.69) is 0 Å². The second-order valence-corrected chi connectivity index (χ2v) is 4.17. The van der Waals surface area contributed by atoms with Crippen molar-refractivity contribution >= 4 is 11.3 Å². The van der Waals surface area contributed by atoms with Crippen molar-refractivity contribution in [3.63, 3.8) is 0 Å². The van der Waals surface area contributed by atoms with Crippen LogP contribution in [-0.4, -0.2) is 16.3 Å². The molecule has 0 spiro atoms. The summed E-state index contributed by atoms with van der Waals surface area (Å²) in [6.45, 7) is 3.78. The summed E-state index contributed by atoms with van der Waals surface area (Å²) in [5.74, 6) is 0.0853. The minimum absolute atomic E-state index is 0.0853. The fourth-order valence-corrected chi connectivity index (χ4v) is 1.74. The molecule has 2 unspecified atom stereocenters. The molecule has 0 aliphatic heterocycles. The lowest BCUT2D eigenvalue weighted by molar-refractivity contribution is -0.00745. The first kappa shape index (κ1) is 9.71. The van der Waals surface area contributed by atoms with Crippen molar-refractivity contribution in [3.8, 4) is 0 Å². The summed E-state index contributed by atoms with van der Waals surface area (Å²) in [6, 6.07) is 3.71. The van der Waals surface area contributed by atoms with E-state index < -0.39 is 12.2 Å². The van der Waals surface area contributed by atoms with Gasteiger partial charge in [-0.3, -0.25) is 0 Å². The van der Waals surface area contributed by atoms with E-state index in [9.17, 15) is 10.2 Å². The maximum atomic E-state index is 9.61. The minimum Gasteiger partial charge on any atom is -0.390 e. The van der Waals surface area contributed by atoms with Crippen molar-refractivity contribution in [3.05, 3.63) is 22.4 Å². The first-order valence-electron chi connectivity index (χ1n) is 4.02. The van der Waals surface area contributed by atoms with Crippen molar-refractivity contribution in [2.24, 2.45) is 5.92 Å². The van der Waals surface area contributed by atoms with E-state index in [0.717, 1.165) is 4.88 Å². The molecule has 1 aromatic rings. The summed E-state index contributed by atoms with van der Waals surface area (Å²) < 4.78 is 0. The van der Waals surface area contributed by atoms with Gasteiger partial charge < -0.3 is 10.2 Å². The molecule has 0 fully saturated rings. The molecule has 0 bridgehead atoms. The molecule has 12 heavy (non-hydrogen) atoms. The van der Waals surface area contributed by atoms with Gasteiger partial charge in [-0.1, -0.05) is 19.9 Å². The quantitative estimate of drug-likeness (QED) is 0.755. The number of thiophene rings is 1. The van der Waals surface area contributed by atoms with Gasteiger partial charge in [-0.25, -0.2) is 0 Å². The molecule has 0 aliphatic carbocycles. The van der Waals surface area contributed by atoms with Crippen molar-refractivity contribution in [1.29, 1.82) is 0 Å². The van der Waals surface area contributed by atoms with E-state index in [-0.39, 0.29) is 5.92 Å². The predicted molar refractivity (Wildman–Crippen MR) is 50.1 cm³/mol. The Balaban J connectivity index is 2.65. The molecule has 2 N–H and O–H groups in total. The molecule has 68 valence electrons. The summed E-state index contributed by atoms with van der Waals surface area (Å²) in [4.78, 5) is 0.830. The Kier molecular flexibility index (Phi) is 3.26. The van der Waals surface area contributed by atoms with Gasteiger partial charge in [-0.2, -0.15) is 0 Å². The van der Waals surface area contributed by atoms with Crippen LogP contribution in [0.2, 0.25) is 0 Å². The van der Waals surface area contributed by atoms with Gasteiger partial charge in [-0.05, 0) is 17.4 Å². The van der Waals surface area contributed by atoms with Gasteiger partial charge in [0.1, 0.15) is 6.10 Å². The van der Waals surface area contributed by atoms with Crippen LogP contribution >= 0.6 is 11.3 Å². The third-order valence-corrected chi connectivity index (χ3v) is 2.78. The monoisotopic (exact) mass is 186 g/mol. The van der Waals surface area contributed by atoms with Crippen molar-refractivity contribution in [2.75, 3.05) is 0 Å². The third kappa shape index (κ3) is 2.06. The molecule has 0 aromatic carbocycles. The average molecular weight is 186 g/mol. The highest BCUT2D eigenvalue weighted by atomic mass is 32.1. The normalized spacial score (nSPS) is 16.4. The predicted octanol–water partition coefficient (Wildman–Crippen LogP) is 1.80. The molecule has 1 aromatic heterocycles. The Morgan fingerprint density at radius 2 is 2.00 bits per heavy atom. The molecule has 2 nitrogen and oxygen atoms in total. The fraction of sp³-hybridized carbons (Fsp3) is 0.556. The molecule has 0 saturated carbocycles. The summed E-state index contributed by atoms with van der Waals surface area (Å²) in [5, 5.41) is 21.0. The minimum atomic E-state index is -0.731. The average Bonchev–Trinajstić information content (AvgIpc) is 2.53. The summed E-state index contributed by atoms with van der Waals surface area (Å²) in [6.07, 6.45) is -1.39. The molecular formula is C9H14O2S. The Morgan fingerprint density at radius 3 is 2.42 bits per heavy atom. The first-order valence-corrected chi connectivity index (χ1v) is 4.90. The SMILES string of the molecule is CC(C)C(O)C(O)c1cccs1. The highest BCUT2D eigenvalue weighted by Crippen LogP contribution is 2.25. The fourth-order valence-electron chi connectivity index (χ4n) is 0.992. The molecule has 1 heterocycles. The molecule has 3 heteroatoms. The van der Waals surface area contributed by atoms with Crippen LogP contribution in [0.1, 0.15) is 24.8 Å². The lowest BCUT2D eigenvalue weighted by atomic mass is 10.0. The zero-order chi connectivity index (χ0) is 9.14. The molecule has 0 aliphatic rings. The van der Waals surface area contributed by atoms with Crippen LogP contribution in [0.15, 0.2) is 17.5 Å². The molecular weight excluding hydrogens is 172 g/mol. The van der Waals surface area contributed by atoms with Gasteiger partial charge in [0.05, 0.1) is 6.10 Å². The van der Waals surface area contributed by atoms with Crippen LogP contribution in [0.3, 0.4) is 0 Å². The van der Waals surface area contributed by atoms with Crippen molar-refractivity contribution < 1.29 is 10.2 Å². The molecule has 0 saturated heterocycles.